The third-order valence-electron chi connectivity index (χ3n) is 3.79. The fourth-order valence-corrected chi connectivity index (χ4v) is 2.44. The Labute approximate surface area is 123 Å². The van der Waals surface area contributed by atoms with Crippen molar-refractivity contribution in [2.24, 2.45) is 0 Å². The maximum atomic E-state index is 13.4. The van der Waals surface area contributed by atoms with E-state index in [1.807, 2.05) is 32.0 Å². The summed E-state index contributed by atoms with van der Waals surface area (Å²) in [7, 11) is 0. The first kappa shape index (κ1) is 15.4. The molecule has 0 aromatic heterocycles. The zero-order valence-electron chi connectivity index (χ0n) is 12.4. The van der Waals surface area contributed by atoms with Crippen LogP contribution in [0.4, 0.5) is 8.78 Å². The fraction of sp³-hybridized carbons (Fsp3) is 0.278. The lowest BCUT2D eigenvalue weighted by Crippen LogP contribution is -2.13. The Morgan fingerprint density at radius 2 is 1.62 bits per heavy atom. The topological polar surface area (TPSA) is 17.1 Å². The summed E-state index contributed by atoms with van der Waals surface area (Å²) in [4.78, 5) is 11.9. The Kier molecular flexibility index (Phi) is 4.51. The Balaban J connectivity index is 2.35. The van der Waals surface area contributed by atoms with Crippen molar-refractivity contribution in [1.29, 1.82) is 0 Å². The van der Waals surface area contributed by atoms with Crippen molar-refractivity contribution < 1.29 is 13.6 Å². The van der Waals surface area contributed by atoms with Crippen molar-refractivity contribution in [2.75, 3.05) is 0 Å². The highest BCUT2D eigenvalue weighted by atomic mass is 19.1. The maximum Gasteiger partial charge on any atom is 0.137 e. The summed E-state index contributed by atoms with van der Waals surface area (Å²) in [5.74, 6) is -1.94. The molecular formula is C18H18F2O. The molecule has 0 fully saturated rings. The number of rotatable bonds is 4. The van der Waals surface area contributed by atoms with E-state index in [-0.39, 0.29) is 5.78 Å². The minimum atomic E-state index is -0.656. The van der Waals surface area contributed by atoms with Crippen LogP contribution in [0.1, 0.15) is 35.1 Å². The van der Waals surface area contributed by atoms with E-state index in [1.54, 1.807) is 0 Å². The third kappa shape index (κ3) is 3.75. The van der Waals surface area contributed by atoms with E-state index in [0.717, 1.165) is 17.2 Å². The van der Waals surface area contributed by atoms with E-state index in [1.165, 1.54) is 24.6 Å². The number of aryl methyl sites for hydroxylation is 2. The number of carbonyl (C=O) groups is 1. The summed E-state index contributed by atoms with van der Waals surface area (Å²) in [5, 5.41) is 0. The van der Waals surface area contributed by atoms with Gasteiger partial charge in [-0.2, -0.15) is 0 Å². The summed E-state index contributed by atoms with van der Waals surface area (Å²) in [6.45, 7) is 5.47. The summed E-state index contributed by atoms with van der Waals surface area (Å²) < 4.78 is 26.7. The average molecular weight is 288 g/mol. The summed E-state index contributed by atoms with van der Waals surface area (Å²) in [5.41, 5.74) is 3.69. The number of hydrogen-bond acceptors (Lipinski definition) is 1. The van der Waals surface area contributed by atoms with Crippen LogP contribution >= 0.6 is 0 Å². The minimum Gasteiger partial charge on any atom is -0.299 e. The van der Waals surface area contributed by atoms with E-state index in [0.29, 0.717) is 12.0 Å². The van der Waals surface area contributed by atoms with Gasteiger partial charge in [0.1, 0.15) is 17.4 Å². The van der Waals surface area contributed by atoms with Crippen LogP contribution in [-0.4, -0.2) is 5.78 Å². The molecule has 3 heteroatoms. The van der Waals surface area contributed by atoms with Gasteiger partial charge >= 0.3 is 0 Å². The van der Waals surface area contributed by atoms with E-state index in [9.17, 15) is 13.6 Å². The first-order chi connectivity index (χ1) is 9.86. The molecule has 0 saturated carbocycles. The lowest BCUT2D eigenvalue weighted by Gasteiger charge is -2.15. The van der Waals surface area contributed by atoms with Crippen molar-refractivity contribution >= 4 is 5.78 Å². The van der Waals surface area contributed by atoms with Gasteiger partial charge in [-0.3, -0.25) is 4.79 Å². The zero-order valence-corrected chi connectivity index (χ0v) is 12.4. The number of hydrogen-bond donors (Lipinski definition) is 0. The predicted octanol–water partition coefficient (Wildman–Crippen LogP) is 4.50. The van der Waals surface area contributed by atoms with Gasteiger partial charge in [0, 0.05) is 12.0 Å². The monoisotopic (exact) mass is 288 g/mol. The highest BCUT2D eigenvalue weighted by Gasteiger charge is 2.19. The molecule has 0 saturated heterocycles. The molecule has 0 heterocycles. The molecule has 2 aromatic carbocycles. The molecule has 1 nitrogen and oxygen atoms in total. The lowest BCUT2D eigenvalue weighted by atomic mass is 9.88. The molecule has 0 radical (unpaired) electrons. The normalized spacial score (nSPS) is 12.2. The highest BCUT2D eigenvalue weighted by Crippen LogP contribution is 2.25. The van der Waals surface area contributed by atoms with Gasteiger partial charge in [0.05, 0.1) is 0 Å². The molecule has 0 N–H and O–H groups in total. The Hall–Kier alpha value is -2.03. The standard InChI is InChI=1S/C18H18F2O/c1-11-4-5-14(6-12(11)2)7-18(13(3)21)15-8-16(19)10-17(20)9-15/h4-6,8-10,18H,7H2,1-3H3. The van der Waals surface area contributed by atoms with Crippen LogP contribution in [0.2, 0.25) is 0 Å². The van der Waals surface area contributed by atoms with Crippen molar-refractivity contribution in [2.45, 2.75) is 33.1 Å². The number of benzene rings is 2. The van der Waals surface area contributed by atoms with Crippen molar-refractivity contribution in [3.63, 3.8) is 0 Å². The van der Waals surface area contributed by atoms with Gasteiger partial charge in [-0.05, 0) is 61.6 Å². The SMILES string of the molecule is CC(=O)C(Cc1ccc(C)c(C)c1)c1cc(F)cc(F)c1. The van der Waals surface area contributed by atoms with Crippen molar-refractivity contribution in [3.8, 4) is 0 Å². The second-order valence-electron chi connectivity index (χ2n) is 5.49. The van der Waals surface area contributed by atoms with E-state index in [2.05, 4.69) is 0 Å². The number of halogens is 2. The maximum absolute atomic E-state index is 13.4. The molecule has 1 atom stereocenters. The molecule has 0 bridgehead atoms. The average Bonchev–Trinajstić information content (AvgIpc) is 2.38. The molecule has 1 unspecified atom stereocenters. The third-order valence-corrected chi connectivity index (χ3v) is 3.79. The van der Waals surface area contributed by atoms with Crippen LogP contribution in [0, 0.1) is 25.5 Å². The molecule has 0 spiro atoms. The molecule has 0 aliphatic carbocycles. The van der Waals surface area contributed by atoms with Gasteiger partial charge in [-0.1, -0.05) is 18.2 Å². The van der Waals surface area contributed by atoms with Crippen LogP contribution in [-0.2, 0) is 11.2 Å². The van der Waals surface area contributed by atoms with Gasteiger partial charge < -0.3 is 0 Å². The molecule has 2 aromatic rings. The summed E-state index contributed by atoms with van der Waals surface area (Å²) >= 11 is 0. The highest BCUT2D eigenvalue weighted by molar-refractivity contribution is 5.83. The Bertz CT molecular complexity index is 657. The fourth-order valence-electron chi connectivity index (χ4n) is 2.44. The Morgan fingerprint density at radius 1 is 1.00 bits per heavy atom. The second kappa shape index (κ2) is 6.17. The predicted molar refractivity (Wildman–Crippen MR) is 79.4 cm³/mol. The number of carbonyl (C=O) groups excluding carboxylic acids is 1. The van der Waals surface area contributed by atoms with Gasteiger partial charge in [0.2, 0.25) is 0 Å². The van der Waals surface area contributed by atoms with Crippen LogP contribution in [0.3, 0.4) is 0 Å². The van der Waals surface area contributed by atoms with Gasteiger partial charge in [-0.25, -0.2) is 8.78 Å². The molecular weight excluding hydrogens is 270 g/mol. The first-order valence-electron chi connectivity index (χ1n) is 6.89. The quantitative estimate of drug-likeness (QED) is 0.809. The van der Waals surface area contributed by atoms with E-state index >= 15 is 0 Å². The van der Waals surface area contributed by atoms with Crippen LogP contribution in [0.25, 0.3) is 0 Å². The molecule has 110 valence electrons. The van der Waals surface area contributed by atoms with Gasteiger partial charge in [0.25, 0.3) is 0 Å². The molecule has 2 rings (SSSR count). The smallest absolute Gasteiger partial charge is 0.137 e. The molecule has 0 aliphatic rings. The largest absolute Gasteiger partial charge is 0.299 e. The van der Waals surface area contributed by atoms with Gasteiger partial charge in [0.15, 0.2) is 0 Å². The molecule has 0 amide bonds. The minimum absolute atomic E-state index is 0.0989. The van der Waals surface area contributed by atoms with Crippen molar-refractivity contribution in [1.82, 2.24) is 0 Å². The summed E-state index contributed by atoms with van der Waals surface area (Å²) in [6, 6.07) is 9.24. The van der Waals surface area contributed by atoms with E-state index < -0.39 is 17.6 Å². The first-order valence-corrected chi connectivity index (χ1v) is 6.89. The van der Waals surface area contributed by atoms with Gasteiger partial charge in [-0.15, -0.1) is 0 Å². The molecule has 21 heavy (non-hydrogen) atoms. The van der Waals surface area contributed by atoms with E-state index in [4.69, 9.17) is 0 Å². The lowest BCUT2D eigenvalue weighted by molar-refractivity contribution is -0.118. The Morgan fingerprint density at radius 3 is 2.14 bits per heavy atom. The van der Waals surface area contributed by atoms with Crippen LogP contribution in [0.15, 0.2) is 36.4 Å². The number of ketones is 1. The zero-order chi connectivity index (χ0) is 15.6. The van der Waals surface area contributed by atoms with Crippen molar-refractivity contribution in [3.05, 3.63) is 70.3 Å². The second-order valence-corrected chi connectivity index (χ2v) is 5.49. The van der Waals surface area contributed by atoms with Crippen LogP contribution in [0.5, 0.6) is 0 Å². The van der Waals surface area contributed by atoms with Crippen LogP contribution < -0.4 is 0 Å². The number of Topliss-reactive ketones (excluding diaryl/α,β-unsaturated/α-hetero) is 1. The molecule has 0 aliphatic heterocycles. The summed E-state index contributed by atoms with van der Waals surface area (Å²) in [6.07, 6.45) is 0.444.